The Morgan fingerprint density at radius 1 is 1.15 bits per heavy atom. The van der Waals surface area contributed by atoms with Crippen molar-refractivity contribution in [2.45, 2.75) is 18.9 Å². The Morgan fingerprint density at radius 3 is 2.50 bits per heavy atom. The molecule has 1 amide bonds. The molecule has 4 nitrogen and oxygen atoms in total. The van der Waals surface area contributed by atoms with Crippen LogP contribution < -0.4 is 5.32 Å². The van der Waals surface area contributed by atoms with Gasteiger partial charge >= 0.3 is 5.97 Å². The number of carbonyl (C=O) groups excluding carboxylic acids is 1. The lowest BCUT2D eigenvalue weighted by molar-refractivity contribution is -0.141. The normalized spacial score (nSPS) is 11.8. The molecule has 5 heteroatoms. The number of carbonyl (C=O) groups is 2. The molecule has 0 unspecified atom stereocenters. The smallest absolute Gasteiger partial charge is 0.326 e. The van der Waals surface area contributed by atoms with Gasteiger partial charge < -0.3 is 10.4 Å². The summed E-state index contributed by atoms with van der Waals surface area (Å²) in [6, 6.07) is 10.2. The molecule has 0 saturated carbocycles. The summed E-state index contributed by atoms with van der Waals surface area (Å²) in [4.78, 5) is 23.1. The fraction of sp³-hybridized carbons (Fsp3) is 0.200. The fourth-order valence-electron chi connectivity index (χ4n) is 1.87. The maximum Gasteiger partial charge on any atom is 0.326 e. The molecule has 0 fully saturated rings. The molecule has 0 saturated heterocycles. The minimum Gasteiger partial charge on any atom is -0.480 e. The van der Waals surface area contributed by atoms with Crippen molar-refractivity contribution in [1.29, 1.82) is 0 Å². The molecule has 1 atom stereocenters. The van der Waals surface area contributed by atoms with Crippen LogP contribution in [0.5, 0.6) is 0 Å². The molecule has 104 valence electrons. The predicted octanol–water partition coefficient (Wildman–Crippen LogP) is 2.10. The third-order valence-electron chi connectivity index (χ3n) is 2.86. The van der Waals surface area contributed by atoms with Crippen molar-refractivity contribution < 1.29 is 14.7 Å². The van der Waals surface area contributed by atoms with Crippen LogP contribution >= 0.6 is 11.3 Å². The first kappa shape index (κ1) is 14.3. The highest BCUT2D eigenvalue weighted by Crippen LogP contribution is 2.07. The number of carboxylic acid groups (broad SMARTS) is 1. The van der Waals surface area contributed by atoms with E-state index >= 15 is 0 Å². The summed E-state index contributed by atoms with van der Waals surface area (Å²) in [5.74, 6) is -1.29. The van der Waals surface area contributed by atoms with E-state index in [-0.39, 0.29) is 18.7 Å². The van der Waals surface area contributed by atoms with Gasteiger partial charge in [-0.25, -0.2) is 4.79 Å². The molecule has 0 spiro atoms. The van der Waals surface area contributed by atoms with Gasteiger partial charge in [0.05, 0.1) is 6.42 Å². The van der Waals surface area contributed by atoms with Crippen molar-refractivity contribution in [2.24, 2.45) is 0 Å². The number of hydrogen-bond donors (Lipinski definition) is 2. The molecule has 0 aliphatic rings. The first-order valence-corrected chi connectivity index (χ1v) is 7.16. The number of thiophene rings is 1. The van der Waals surface area contributed by atoms with Crippen LogP contribution in [0.15, 0.2) is 47.2 Å². The van der Waals surface area contributed by atoms with Gasteiger partial charge in [0.15, 0.2) is 0 Å². The Hall–Kier alpha value is -2.14. The number of aliphatic carboxylic acids is 1. The van der Waals surface area contributed by atoms with Crippen molar-refractivity contribution in [3.05, 3.63) is 58.3 Å². The van der Waals surface area contributed by atoms with E-state index in [1.807, 2.05) is 47.2 Å². The highest BCUT2D eigenvalue weighted by atomic mass is 32.1. The van der Waals surface area contributed by atoms with E-state index in [1.165, 1.54) is 11.3 Å². The third kappa shape index (κ3) is 4.20. The first-order chi connectivity index (χ1) is 9.65. The summed E-state index contributed by atoms with van der Waals surface area (Å²) in [5, 5.41) is 15.5. The maximum absolute atomic E-state index is 11.8. The largest absolute Gasteiger partial charge is 0.480 e. The number of rotatable bonds is 6. The van der Waals surface area contributed by atoms with Gasteiger partial charge in [0.1, 0.15) is 6.04 Å². The van der Waals surface area contributed by atoms with Crippen molar-refractivity contribution in [3.8, 4) is 0 Å². The van der Waals surface area contributed by atoms with E-state index in [0.29, 0.717) is 0 Å². The number of nitrogens with one attached hydrogen (secondary N) is 1. The second-order valence-corrected chi connectivity index (χ2v) is 5.24. The van der Waals surface area contributed by atoms with E-state index in [4.69, 9.17) is 0 Å². The van der Waals surface area contributed by atoms with Crippen LogP contribution in [0, 0.1) is 0 Å². The summed E-state index contributed by atoms with van der Waals surface area (Å²) < 4.78 is 0. The number of benzene rings is 1. The highest BCUT2D eigenvalue weighted by molar-refractivity contribution is 7.07. The van der Waals surface area contributed by atoms with Gasteiger partial charge in [-0.3, -0.25) is 4.79 Å². The zero-order valence-electron chi connectivity index (χ0n) is 10.8. The van der Waals surface area contributed by atoms with E-state index < -0.39 is 12.0 Å². The molecule has 2 N–H and O–H groups in total. The molecule has 2 aromatic rings. The van der Waals surface area contributed by atoms with Gasteiger partial charge in [0.2, 0.25) is 5.91 Å². The average molecular weight is 289 g/mol. The lowest BCUT2D eigenvalue weighted by Crippen LogP contribution is -2.42. The van der Waals surface area contributed by atoms with Crippen LogP contribution in [0.1, 0.15) is 11.1 Å². The highest BCUT2D eigenvalue weighted by Gasteiger charge is 2.20. The summed E-state index contributed by atoms with van der Waals surface area (Å²) in [6.07, 6.45) is 0.494. The van der Waals surface area contributed by atoms with Crippen LogP contribution in [-0.4, -0.2) is 23.0 Å². The summed E-state index contributed by atoms with van der Waals surface area (Å²) in [7, 11) is 0. The van der Waals surface area contributed by atoms with Gasteiger partial charge in [-0.1, -0.05) is 30.3 Å². The summed E-state index contributed by atoms with van der Waals surface area (Å²) >= 11 is 1.51. The Balaban J connectivity index is 1.95. The van der Waals surface area contributed by atoms with Gasteiger partial charge in [0.25, 0.3) is 0 Å². The molecule has 1 heterocycles. The molecule has 1 aromatic heterocycles. The van der Waals surface area contributed by atoms with Crippen LogP contribution in [0.3, 0.4) is 0 Å². The molecule has 0 aliphatic heterocycles. The fourth-order valence-corrected chi connectivity index (χ4v) is 2.54. The Labute approximate surface area is 121 Å². The first-order valence-electron chi connectivity index (χ1n) is 6.22. The minimum atomic E-state index is -1.02. The van der Waals surface area contributed by atoms with Crippen LogP contribution in [-0.2, 0) is 22.4 Å². The predicted molar refractivity (Wildman–Crippen MR) is 77.7 cm³/mol. The molecule has 1 aromatic carbocycles. The second kappa shape index (κ2) is 6.86. The monoisotopic (exact) mass is 289 g/mol. The zero-order chi connectivity index (χ0) is 14.4. The Bertz CT molecular complexity index is 566. The number of hydrogen-bond acceptors (Lipinski definition) is 3. The van der Waals surface area contributed by atoms with Crippen molar-refractivity contribution in [3.63, 3.8) is 0 Å². The molecular formula is C15H15NO3S. The Morgan fingerprint density at radius 2 is 1.90 bits per heavy atom. The van der Waals surface area contributed by atoms with Gasteiger partial charge in [-0.15, -0.1) is 0 Å². The molecule has 0 aliphatic carbocycles. The quantitative estimate of drug-likeness (QED) is 0.856. The summed E-state index contributed by atoms with van der Waals surface area (Å²) in [5.41, 5.74) is 1.78. The van der Waals surface area contributed by atoms with Crippen molar-refractivity contribution in [2.75, 3.05) is 0 Å². The van der Waals surface area contributed by atoms with E-state index in [2.05, 4.69) is 5.32 Å². The van der Waals surface area contributed by atoms with E-state index in [0.717, 1.165) is 11.1 Å². The zero-order valence-corrected chi connectivity index (χ0v) is 11.6. The lowest BCUT2D eigenvalue weighted by atomic mass is 10.1. The Kier molecular flexibility index (Phi) is 4.90. The second-order valence-electron chi connectivity index (χ2n) is 4.46. The summed E-state index contributed by atoms with van der Waals surface area (Å²) in [6.45, 7) is 0. The third-order valence-corrected chi connectivity index (χ3v) is 3.59. The molecule has 2 rings (SSSR count). The van der Waals surface area contributed by atoms with E-state index in [9.17, 15) is 14.7 Å². The molecule has 20 heavy (non-hydrogen) atoms. The topological polar surface area (TPSA) is 66.4 Å². The molecule has 0 radical (unpaired) electrons. The van der Waals surface area contributed by atoms with Gasteiger partial charge in [-0.05, 0) is 28.0 Å². The van der Waals surface area contributed by atoms with Crippen LogP contribution in [0.2, 0.25) is 0 Å². The average Bonchev–Trinajstić information content (AvgIpc) is 2.92. The minimum absolute atomic E-state index is 0.210. The number of carboxylic acids is 1. The van der Waals surface area contributed by atoms with Gasteiger partial charge in [0, 0.05) is 6.42 Å². The van der Waals surface area contributed by atoms with Crippen LogP contribution in [0.25, 0.3) is 0 Å². The van der Waals surface area contributed by atoms with Gasteiger partial charge in [-0.2, -0.15) is 11.3 Å². The lowest BCUT2D eigenvalue weighted by Gasteiger charge is -2.14. The number of amides is 1. The molecular weight excluding hydrogens is 274 g/mol. The standard InChI is InChI=1S/C15H15NO3S/c17-14(9-12-6-7-20-10-12)16-13(15(18)19)8-11-4-2-1-3-5-11/h1-7,10,13H,8-9H2,(H,16,17)(H,18,19)/t13-/m1/s1. The maximum atomic E-state index is 11.8. The molecule has 0 bridgehead atoms. The van der Waals surface area contributed by atoms with Crippen molar-refractivity contribution in [1.82, 2.24) is 5.32 Å². The SMILES string of the molecule is O=C(Cc1ccsc1)N[C@H](Cc1ccccc1)C(=O)O. The van der Waals surface area contributed by atoms with Crippen LogP contribution in [0.4, 0.5) is 0 Å². The van der Waals surface area contributed by atoms with E-state index in [1.54, 1.807) is 0 Å². The van der Waals surface area contributed by atoms with Crippen molar-refractivity contribution >= 4 is 23.2 Å².